The first-order chi connectivity index (χ1) is 10.3. The van der Waals surface area contributed by atoms with Crippen molar-refractivity contribution >= 4 is 10.9 Å². The Morgan fingerprint density at radius 1 is 0.952 bits per heavy atom. The van der Waals surface area contributed by atoms with E-state index < -0.39 is 0 Å². The smallest absolute Gasteiger partial charge is 0.0491 e. The van der Waals surface area contributed by atoms with Gasteiger partial charge in [0, 0.05) is 23.1 Å². The molecule has 0 saturated carbocycles. The first-order valence-corrected chi connectivity index (χ1v) is 7.93. The zero-order chi connectivity index (χ0) is 14.7. The molecule has 1 heterocycles. The van der Waals surface area contributed by atoms with Crippen LogP contribution in [-0.2, 0) is 6.54 Å². The van der Waals surface area contributed by atoms with Crippen LogP contribution in [0.5, 0.6) is 0 Å². The highest BCUT2D eigenvalue weighted by Gasteiger charge is 2.12. The predicted octanol–water partition coefficient (Wildman–Crippen LogP) is 5.74. The van der Waals surface area contributed by atoms with E-state index in [4.69, 9.17) is 0 Å². The summed E-state index contributed by atoms with van der Waals surface area (Å²) >= 11 is 0. The highest BCUT2D eigenvalue weighted by atomic mass is 15.0. The summed E-state index contributed by atoms with van der Waals surface area (Å²) in [4.78, 5) is 0. The van der Waals surface area contributed by atoms with Gasteiger partial charge in [0.15, 0.2) is 0 Å². The number of aromatic nitrogens is 1. The summed E-state index contributed by atoms with van der Waals surface area (Å²) in [5, 5.41) is 1.33. The molecule has 3 rings (SSSR count). The number of hydrogen-bond donors (Lipinski definition) is 0. The van der Waals surface area contributed by atoms with Gasteiger partial charge >= 0.3 is 0 Å². The lowest BCUT2D eigenvalue weighted by Crippen LogP contribution is -2.08. The zero-order valence-electron chi connectivity index (χ0n) is 12.9. The van der Waals surface area contributed by atoms with Gasteiger partial charge in [-0.1, -0.05) is 68.8 Å². The van der Waals surface area contributed by atoms with Crippen LogP contribution in [-0.4, -0.2) is 4.57 Å². The van der Waals surface area contributed by atoms with Gasteiger partial charge in [-0.3, -0.25) is 0 Å². The van der Waals surface area contributed by atoms with Crippen molar-refractivity contribution in [1.82, 2.24) is 4.57 Å². The molecule has 0 aliphatic heterocycles. The molecule has 0 bridgehead atoms. The minimum absolute atomic E-state index is 0.702. The normalized spacial score (nSPS) is 12.7. The molecule has 2 aromatic carbocycles. The minimum Gasteiger partial charge on any atom is -0.340 e. The van der Waals surface area contributed by atoms with Crippen LogP contribution in [0.3, 0.4) is 0 Å². The Labute approximate surface area is 127 Å². The van der Waals surface area contributed by atoms with Crippen LogP contribution in [0.2, 0.25) is 0 Å². The Morgan fingerprint density at radius 2 is 1.67 bits per heavy atom. The summed E-state index contributed by atoms with van der Waals surface area (Å²) in [6.07, 6.45) is 2.53. The van der Waals surface area contributed by atoms with E-state index in [-0.39, 0.29) is 0 Å². The van der Waals surface area contributed by atoms with Crippen molar-refractivity contribution < 1.29 is 0 Å². The second kappa shape index (κ2) is 6.17. The Hall–Kier alpha value is -2.02. The molecule has 1 nitrogen and oxygen atoms in total. The highest BCUT2D eigenvalue weighted by Crippen LogP contribution is 2.29. The molecule has 0 radical (unpaired) electrons. The van der Waals surface area contributed by atoms with E-state index in [9.17, 15) is 0 Å². The molecule has 3 aromatic rings. The second-order valence-corrected chi connectivity index (χ2v) is 5.96. The standard InChI is InChI=1S/C20H23N/c1-3-9-16(2)15-21-19-13-8-7-12-18(19)14-20(21)17-10-5-4-6-11-17/h4-8,10-14,16H,3,9,15H2,1-2H3. The second-order valence-electron chi connectivity index (χ2n) is 5.96. The van der Waals surface area contributed by atoms with Crippen LogP contribution >= 0.6 is 0 Å². The monoisotopic (exact) mass is 277 g/mol. The number of nitrogens with zero attached hydrogens (tertiary/aromatic N) is 1. The van der Waals surface area contributed by atoms with E-state index in [0.29, 0.717) is 5.92 Å². The lowest BCUT2D eigenvalue weighted by molar-refractivity contribution is 0.455. The molecule has 1 unspecified atom stereocenters. The van der Waals surface area contributed by atoms with Gasteiger partial charge in [0.05, 0.1) is 0 Å². The van der Waals surface area contributed by atoms with Crippen molar-refractivity contribution in [2.24, 2.45) is 5.92 Å². The Balaban J connectivity index is 2.10. The van der Waals surface area contributed by atoms with Crippen molar-refractivity contribution in [1.29, 1.82) is 0 Å². The van der Waals surface area contributed by atoms with E-state index in [0.717, 1.165) is 6.54 Å². The number of rotatable bonds is 5. The number of para-hydroxylation sites is 1. The van der Waals surface area contributed by atoms with E-state index in [2.05, 4.69) is 79.1 Å². The average Bonchev–Trinajstić information content (AvgIpc) is 2.87. The molecule has 0 saturated heterocycles. The molecular formula is C20H23N. The van der Waals surface area contributed by atoms with Crippen molar-refractivity contribution in [3.8, 4) is 11.3 Å². The lowest BCUT2D eigenvalue weighted by atomic mass is 10.1. The molecule has 0 fully saturated rings. The minimum atomic E-state index is 0.702. The quantitative estimate of drug-likeness (QED) is 0.560. The van der Waals surface area contributed by atoms with Gasteiger partial charge in [0.25, 0.3) is 0 Å². The fourth-order valence-electron chi connectivity index (χ4n) is 3.15. The van der Waals surface area contributed by atoms with Crippen LogP contribution in [0.1, 0.15) is 26.7 Å². The molecule has 0 amide bonds. The average molecular weight is 277 g/mol. The van der Waals surface area contributed by atoms with Gasteiger partial charge < -0.3 is 4.57 Å². The van der Waals surface area contributed by atoms with Crippen LogP contribution in [0, 0.1) is 5.92 Å². The molecule has 0 N–H and O–H groups in total. The molecular weight excluding hydrogens is 254 g/mol. The molecule has 108 valence electrons. The van der Waals surface area contributed by atoms with Crippen molar-refractivity contribution in [3.63, 3.8) is 0 Å². The van der Waals surface area contributed by atoms with Crippen LogP contribution in [0.15, 0.2) is 60.7 Å². The topological polar surface area (TPSA) is 4.93 Å². The van der Waals surface area contributed by atoms with E-state index in [1.165, 1.54) is 35.0 Å². The number of fused-ring (bicyclic) bond motifs is 1. The highest BCUT2D eigenvalue weighted by molar-refractivity contribution is 5.87. The van der Waals surface area contributed by atoms with Crippen molar-refractivity contribution in [3.05, 3.63) is 60.7 Å². The maximum absolute atomic E-state index is 2.49. The summed E-state index contributed by atoms with van der Waals surface area (Å²) in [5.74, 6) is 0.702. The van der Waals surface area contributed by atoms with Gasteiger partial charge in [0.2, 0.25) is 0 Å². The van der Waals surface area contributed by atoms with E-state index in [1.807, 2.05) is 0 Å². The first kappa shape index (κ1) is 13.9. The SMILES string of the molecule is CCCC(C)Cn1c(-c2ccccc2)cc2ccccc21. The van der Waals surface area contributed by atoms with Crippen molar-refractivity contribution in [2.75, 3.05) is 0 Å². The van der Waals surface area contributed by atoms with Gasteiger partial charge in [-0.15, -0.1) is 0 Å². The Morgan fingerprint density at radius 3 is 2.43 bits per heavy atom. The Bertz CT molecular complexity index is 709. The summed E-state index contributed by atoms with van der Waals surface area (Å²) in [7, 11) is 0. The van der Waals surface area contributed by atoms with Crippen LogP contribution in [0.4, 0.5) is 0 Å². The molecule has 1 heteroatoms. The summed E-state index contributed by atoms with van der Waals surface area (Å²) in [6.45, 7) is 5.71. The third kappa shape index (κ3) is 2.87. The van der Waals surface area contributed by atoms with Crippen LogP contribution in [0.25, 0.3) is 22.2 Å². The maximum atomic E-state index is 2.49. The largest absolute Gasteiger partial charge is 0.340 e. The van der Waals surface area contributed by atoms with Gasteiger partial charge in [0.1, 0.15) is 0 Å². The number of hydrogen-bond acceptors (Lipinski definition) is 0. The molecule has 21 heavy (non-hydrogen) atoms. The Kier molecular flexibility index (Phi) is 4.10. The van der Waals surface area contributed by atoms with Crippen molar-refractivity contribution in [2.45, 2.75) is 33.2 Å². The molecule has 0 spiro atoms. The lowest BCUT2D eigenvalue weighted by Gasteiger charge is -2.16. The summed E-state index contributed by atoms with van der Waals surface area (Å²) in [5.41, 5.74) is 3.98. The number of benzene rings is 2. The molecule has 1 aromatic heterocycles. The first-order valence-electron chi connectivity index (χ1n) is 7.93. The van der Waals surface area contributed by atoms with E-state index in [1.54, 1.807) is 0 Å². The zero-order valence-corrected chi connectivity index (χ0v) is 12.9. The fourth-order valence-corrected chi connectivity index (χ4v) is 3.15. The third-order valence-corrected chi connectivity index (χ3v) is 4.16. The maximum Gasteiger partial charge on any atom is 0.0491 e. The van der Waals surface area contributed by atoms with Gasteiger partial charge in [-0.2, -0.15) is 0 Å². The molecule has 0 aliphatic rings. The molecule has 1 atom stereocenters. The van der Waals surface area contributed by atoms with Crippen LogP contribution < -0.4 is 0 Å². The molecule has 0 aliphatic carbocycles. The van der Waals surface area contributed by atoms with E-state index >= 15 is 0 Å². The van der Waals surface area contributed by atoms with Gasteiger partial charge in [-0.25, -0.2) is 0 Å². The third-order valence-electron chi connectivity index (χ3n) is 4.16. The van der Waals surface area contributed by atoms with Gasteiger partial charge in [-0.05, 0) is 30.0 Å². The summed E-state index contributed by atoms with van der Waals surface area (Å²) < 4.78 is 2.49. The predicted molar refractivity (Wildman–Crippen MR) is 91.4 cm³/mol. The fraction of sp³-hybridized carbons (Fsp3) is 0.300. The summed E-state index contributed by atoms with van der Waals surface area (Å²) in [6, 6.07) is 21.8.